The second kappa shape index (κ2) is 7.61. The smallest absolute Gasteiger partial charge is 0.279 e. The van der Waals surface area contributed by atoms with E-state index in [2.05, 4.69) is 10.2 Å². The minimum absolute atomic E-state index is 0.0764. The van der Waals surface area contributed by atoms with Gasteiger partial charge in [0.05, 0.1) is 26.9 Å². The van der Waals surface area contributed by atoms with Gasteiger partial charge < -0.3 is 4.90 Å². The van der Waals surface area contributed by atoms with Crippen molar-refractivity contribution >= 4 is 39.2 Å². The number of rotatable bonds is 6. The fourth-order valence-corrected chi connectivity index (χ4v) is 4.04. The second-order valence-electron chi connectivity index (χ2n) is 6.07. The number of fused-ring (bicyclic) bond motifs is 1. The van der Waals surface area contributed by atoms with Crippen molar-refractivity contribution < 1.29 is 13.3 Å². The summed E-state index contributed by atoms with van der Waals surface area (Å²) in [6, 6.07) is 12.1. The Morgan fingerprint density at radius 3 is 2.43 bits per heavy atom. The van der Waals surface area contributed by atoms with Crippen LogP contribution < -0.4 is 0 Å². The molecule has 28 heavy (non-hydrogen) atoms. The summed E-state index contributed by atoms with van der Waals surface area (Å²) in [4.78, 5) is 12.7. The van der Waals surface area contributed by atoms with E-state index >= 15 is 0 Å². The second-order valence-corrected chi connectivity index (χ2v) is 7.88. The van der Waals surface area contributed by atoms with Gasteiger partial charge in [-0.3, -0.25) is 10.1 Å². The van der Waals surface area contributed by atoms with Crippen LogP contribution in [0, 0.1) is 10.1 Å². The first-order valence-corrected chi connectivity index (χ1v) is 9.58. The molecular weight excluding hydrogens is 382 g/mol. The third kappa shape index (κ3) is 3.62. The average molecular weight is 399 g/mol. The van der Waals surface area contributed by atoms with Crippen molar-refractivity contribution in [2.45, 2.75) is 4.90 Å². The van der Waals surface area contributed by atoms with Crippen molar-refractivity contribution in [2.75, 3.05) is 14.1 Å². The summed E-state index contributed by atoms with van der Waals surface area (Å²) in [5, 5.41) is 19.3. The molecule has 144 valence electrons. The van der Waals surface area contributed by atoms with Crippen LogP contribution >= 0.6 is 0 Å². The topological polar surface area (TPSA) is 110 Å². The Morgan fingerprint density at radius 2 is 1.79 bits per heavy atom. The summed E-state index contributed by atoms with van der Waals surface area (Å²) in [5.41, 5.74) is 0.256. The molecule has 0 spiro atoms. The largest absolute Gasteiger partial charge is 0.367 e. The van der Waals surface area contributed by atoms with E-state index < -0.39 is 14.9 Å². The molecule has 0 aliphatic heterocycles. The van der Waals surface area contributed by atoms with Crippen molar-refractivity contribution in [1.82, 2.24) is 8.87 Å². The lowest BCUT2D eigenvalue weighted by molar-refractivity contribution is -0.383. The Hall–Kier alpha value is -3.53. The minimum Gasteiger partial charge on any atom is -0.367 e. The molecule has 0 saturated carbocycles. The van der Waals surface area contributed by atoms with E-state index in [1.807, 2.05) is 0 Å². The van der Waals surface area contributed by atoms with Crippen molar-refractivity contribution in [1.29, 1.82) is 0 Å². The molecule has 10 heteroatoms. The van der Waals surface area contributed by atoms with Crippen LogP contribution in [0.3, 0.4) is 0 Å². The predicted octanol–water partition coefficient (Wildman–Crippen LogP) is 2.71. The Morgan fingerprint density at radius 1 is 1.07 bits per heavy atom. The van der Waals surface area contributed by atoms with Gasteiger partial charge in [-0.25, -0.2) is 12.4 Å². The van der Waals surface area contributed by atoms with Gasteiger partial charge in [0.15, 0.2) is 0 Å². The number of nitro groups is 1. The third-order valence-corrected chi connectivity index (χ3v) is 5.53. The summed E-state index contributed by atoms with van der Waals surface area (Å²) in [7, 11) is -0.413. The predicted molar refractivity (Wildman–Crippen MR) is 107 cm³/mol. The number of aromatic nitrogens is 1. The third-order valence-electron chi connectivity index (χ3n) is 3.85. The first-order chi connectivity index (χ1) is 13.3. The molecule has 1 aromatic heterocycles. The van der Waals surface area contributed by atoms with Gasteiger partial charge in [-0.2, -0.15) is 5.10 Å². The Bertz CT molecular complexity index is 1180. The normalized spacial score (nSPS) is 12.2. The number of nitro benzene ring substituents is 1. The molecule has 2 aromatic carbocycles. The van der Waals surface area contributed by atoms with Gasteiger partial charge in [-0.15, -0.1) is 5.10 Å². The van der Waals surface area contributed by atoms with Gasteiger partial charge in [-0.1, -0.05) is 24.3 Å². The van der Waals surface area contributed by atoms with Gasteiger partial charge in [-0.05, 0) is 18.2 Å². The van der Waals surface area contributed by atoms with Crippen LogP contribution in [0.2, 0.25) is 0 Å². The lowest BCUT2D eigenvalue weighted by Gasteiger charge is -2.07. The highest BCUT2D eigenvalue weighted by atomic mass is 32.2. The van der Waals surface area contributed by atoms with E-state index in [1.54, 1.807) is 37.2 Å². The first kappa shape index (κ1) is 19.2. The SMILES string of the molecule is CN(C)/C=N/N=C/c1cn(S(=O)(=O)c2ccccc2)c2cccc([N+](=O)[O-])c12. The van der Waals surface area contributed by atoms with Crippen LogP contribution in [0.4, 0.5) is 5.69 Å². The lowest BCUT2D eigenvalue weighted by atomic mass is 10.1. The molecule has 0 atom stereocenters. The lowest BCUT2D eigenvalue weighted by Crippen LogP contribution is -2.11. The van der Waals surface area contributed by atoms with Crippen LogP contribution in [0.15, 0.2) is 69.8 Å². The summed E-state index contributed by atoms with van der Waals surface area (Å²) in [6.07, 6.45) is 4.06. The molecule has 3 aromatic rings. The fourth-order valence-electron chi connectivity index (χ4n) is 2.65. The summed E-state index contributed by atoms with van der Waals surface area (Å²) in [6.45, 7) is 0. The zero-order chi connectivity index (χ0) is 20.3. The van der Waals surface area contributed by atoms with E-state index in [9.17, 15) is 18.5 Å². The van der Waals surface area contributed by atoms with Crippen LogP contribution in [0.5, 0.6) is 0 Å². The van der Waals surface area contributed by atoms with E-state index in [4.69, 9.17) is 0 Å². The first-order valence-electron chi connectivity index (χ1n) is 8.14. The number of nitrogens with zero attached hydrogens (tertiary/aromatic N) is 5. The molecule has 0 aliphatic rings. The monoisotopic (exact) mass is 399 g/mol. The maximum atomic E-state index is 13.1. The molecule has 0 unspecified atom stereocenters. The van der Waals surface area contributed by atoms with Crippen LogP contribution in [-0.2, 0) is 10.0 Å². The number of hydrogen-bond acceptors (Lipinski definition) is 6. The van der Waals surface area contributed by atoms with Crippen LogP contribution in [0.1, 0.15) is 5.56 Å². The number of non-ortho nitro benzene ring substituents is 1. The van der Waals surface area contributed by atoms with Gasteiger partial charge in [0.25, 0.3) is 15.7 Å². The van der Waals surface area contributed by atoms with Crippen LogP contribution in [-0.4, -0.2) is 48.9 Å². The van der Waals surface area contributed by atoms with Crippen molar-refractivity contribution in [2.24, 2.45) is 10.2 Å². The zero-order valence-electron chi connectivity index (χ0n) is 15.1. The van der Waals surface area contributed by atoms with E-state index in [0.717, 1.165) is 3.97 Å². The molecule has 0 radical (unpaired) electrons. The maximum Gasteiger partial charge on any atom is 0.279 e. The van der Waals surface area contributed by atoms with Gasteiger partial charge >= 0.3 is 0 Å². The molecule has 0 amide bonds. The van der Waals surface area contributed by atoms with Crippen molar-refractivity contribution in [3.8, 4) is 0 Å². The van der Waals surface area contributed by atoms with E-state index in [-0.39, 0.29) is 27.0 Å². The molecule has 1 heterocycles. The highest BCUT2D eigenvalue weighted by molar-refractivity contribution is 7.90. The molecule has 0 N–H and O–H groups in total. The van der Waals surface area contributed by atoms with Crippen molar-refractivity contribution in [3.63, 3.8) is 0 Å². The van der Waals surface area contributed by atoms with Crippen molar-refractivity contribution in [3.05, 3.63) is 70.4 Å². The zero-order valence-corrected chi connectivity index (χ0v) is 15.9. The summed E-state index contributed by atoms with van der Waals surface area (Å²) < 4.78 is 27.2. The number of benzene rings is 2. The summed E-state index contributed by atoms with van der Waals surface area (Å²) >= 11 is 0. The Labute approximate surface area is 161 Å². The van der Waals surface area contributed by atoms with Gasteiger partial charge in [0.2, 0.25) is 0 Å². The Kier molecular flexibility index (Phi) is 5.23. The molecular formula is C18H17N5O4S. The molecule has 9 nitrogen and oxygen atoms in total. The Balaban J connectivity index is 2.26. The fraction of sp³-hybridized carbons (Fsp3) is 0.111. The van der Waals surface area contributed by atoms with Gasteiger partial charge in [0, 0.05) is 31.9 Å². The molecule has 0 saturated heterocycles. The standard InChI is InChI=1S/C18H17N5O4S/c1-21(2)13-20-19-11-14-12-22(28(26,27)15-7-4-3-5-8-15)16-9-6-10-17(18(14)16)23(24)25/h3-13H,1-2H3/b19-11+,20-13+. The van der Waals surface area contributed by atoms with E-state index in [0.29, 0.717) is 0 Å². The highest BCUT2D eigenvalue weighted by Gasteiger charge is 2.25. The quantitative estimate of drug-likeness (QED) is 0.274. The van der Waals surface area contributed by atoms with Crippen LogP contribution in [0.25, 0.3) is 10.9 Å². The van der Waals surface area contributed by atoms with E-state index in [1.165, 1.54) is 49.1 Å². The van der Waals surface area contributed by atoms with Gasteiger partial charge in [0.1, 0.15) is 6.34 Å². The molecule has 3 rings (SSSR count). The highest BCUT2D eigenvalue weighted by Crippen LogP contribution is 2.32. The molecule has 0 aliphatic carbocycles. The average Bonchev–Trinajstić information content (AvgIpc) is 3.05. The maximum absolute atomic E-state index is 13.1. The molecule has 0 fully saturated rings. The number of hydrogen-bond donors (Lipinski definition) is 0. The minimum atomic E-state index is -3.95. The summed E-state index contributed by atoms with van der Waals surface area (Å²) in [5.74, 6) is 0. The molecule has 0 bridgehead atoms.